The fourth-order valence-electron chi connectivity index (χ4n) is 1.72. The summed E-state index contributed by atoms with van der Waals surface area (Å²) in [4.78, 5) is 21.9. The molecule has 2 aromatic rings. The van der Waals surface area contributed by atoms with E-state index in [0.717, 1.165) is 0 Å². The van der Waals surface area contributed by atoms with E-state index >= 15 is 0 Å². The maximum absolute atomic E-state index is 11.5. The summed E-state index contributed by atoms with van der Waals surface area (Å²) >= 11 is 0. The Kier molecular flexibility index (Phi) is 3.58. The lowest BCUT2D eigenvalue weighted by Crippen LogP contribution is -2.14. The number of nitrogen functional groups attached to an aromatic ring is 1. The number of aryl methyl sites for hydroxylation is 1. The van der Waals surface area contributed by atoms with Crippen molar-refractivity contribution in [1.29, 1.82) is 0 Å². The van der Waals surface area contributed by atoms with Gasteiger partial charge in [0.15, 0.2) is 11.2 Å². The van der Waals surface area contributed by atoms with Crippen molar-refractivity contribution in [1.82, 2.24) is 19.5 Å². The molecule has 0 saturated carbocycles. The second-order valence-electron chi connectivity index (χ2n) is 4.04. The van der Waals surface area contributed by atoms with Gasteiger partial charge in [-0.25, -0.2) is 4.98 Å². The zero-order chi connectivity index (χ0) is 13.1. The van der Waals surface area contributed by atoms with E-state index in [1.165, 1.54) is 6.33 Å². The van der Waals surface area contributed by atoms with Crippen LogP contribution in [0.25, 0.3) is 11.2 Å². The van der Waals surface area contributed by atoms with Gasteiger partial charge in [0.2, 0.25) is 5.95 Å². The number of H-pyrrole nitrogens is 1. The van der Waals surface area contributed by atoms with Crippen molar-refractivity contribution in [3.63, 3.8) is 0 Å². The topological polar surface area (TPSA) is 130 Å². The molecule has 0 aliphatic heterocycles. The van der Waals surface area contributed by atoms with Crippen LogP contribution in [0.1, 0.15) is 12.8 Å². The minimum Gasteiger partial charge on any atom is -0.394 e. The van der Waals surface area contributed by atoms with Crippen LogP contribution in [0.2, 0.25) is 0 Å². The van der Waals surface area contributed by atoms with Crippen LogP contribution in [0, 0.1) is 0 Å². The number of aromatic nitrogens is 4. The van der Waals surface area contributed by atoms with Gasteiger partial charge in [0.05, 0.1) is 19.0 Å². The van der Waals surface area contributed by atoms with Crippen LogP contribution >= 0.6 is 0 Å². The number of hydrogen-bond acceptors (Lipinski definition) is 6. The van der Waals surface area contributed by atoms with Crippen LogP contribution in [-0.2, 0) is 6.54 Å². The molecule has 1 atom stereocenters. The monoisotopic (exact) mass is 253 g/mol. The van der Waals surface area contributed by atoms with Crippen LogP contribution < -0.4 is 11.3 Å². The van der Waals surface area contributed by atoms with E-state index in [9.17, 15) is 9.90 Å². The molecule has 2 aromatic heterocycles. The van der Waals surface area contributed by atoms with Crippen molar-refractivity contribution >= 4 is 17.1 Å². The summed E-state index contributed by atoms with van der Waals surface area (Å²) < 4.78 is 1.70. The molecule has 2 rings (SSSR count). The first-order chi connectivity index (χ1) is 8.61. The zero-order valence-corrected chi connectivity index (χ0v) is 9.70. The second kappa shape index (κ2) is 5.15. The number of hydrogen-bond donors (Lipinski definition) is 4. The van der Waals surface area contributed by atoms with Crippen molar-refractivity contribution < 1.29 is 10.2 Å². The fourth-order valence-corrected chi connectivity index (χ4v) is 1.72. The molecule has 1 unspecified atom stereocenters. The van der Waals surface area contributed by atoms with Crippen molar-refractivity contribution in [3.05, 3.63) is 16.7 Å². The second-order valence-corrected chi connectivity index (χ2v) is 4.04. The predicted molar refractivity (Wildman–Crippen MR) is 64.9 cm³/mol. The third-order valence-corrected chi connectivity index (χ3v) is 2.64. The van der Waals surface area contributed by atoms with Crippen LogP contribution in [-0.4, -0.2) is 42.4 Å². The molecular weight excluding hydrogens is 238 g/mol. The number of fused-ring (bicyclic) bond motifs is 1. The van der Waals surface area contributed by atoms with Crippen molar-refractivity contribution in [2.45, 2.75) is 25.5 Å². The van der Waals surface area contributed by atoms with Gasteiger partial charge in [0.1, 0.15) is 0 Å². The number of nitrogens with zero attached hydrogens (tertiary/aromatic N) is 3. The highest BCUT2D eigenvalue weighted by Crippen LogP contribution is 2.08. The number of anilines is 1. The molecule has 0 saturated heterocycles. The normalized spacial score (nSPS) is 13.0. The van der Waals surface area contributed by atoms with Crippen molar-refractivity contribution in [2.24, 2.45) is 0 Å². The number of rotatable bonds is 5. The lowest BCUT2D eigenvalue weighted by atomic mass is 10.2. The van der Waals surface area contributed by atoms with Crippen LogP contribution in [0.3, 0.4) is 0 Å². The van der Waals surface area contributed by atoms with E-state index in [2.05, 4.69) is 15.0 Å². The molecule has 0 radical (unpaired) electrons. The molecular formula is C10H15N5O3. The largest absolute Gasteiger partial charge is 0.394 e. The number of aliphatic hydroxyl groups is 2. The summed E-state index contributed by atoms with van der Waals surface area (Å²) in [5.74, 6) is 0.0460. The van der Waals surface area contributed by atoms with Crippen LogP contribution in [0.4, 0.5) is 5.95 Å². The molecule has 5 N–H and O–H groups in total. The Bertz CT molecular complexity index is 591. The first-order valence-electron chi connectivity index (χ1n) is 5.61. The molecule has 2 heterocycles. The Labute approximate surface area is 102 Å². The summed E-state index contributed by atoms with van der Waals surface area (Å²) in [5, 5.41) is 17.9. The molecule has 0 spiro atoms. The maximum atomic E-state index is 11.5. The molecule has 0 aromatic carbocycles. The van der Waals surface area contributed by atoms with E-state index in [-0.39, 0.29) is 23.6 Å². The molecule has 8 heteroatoms. The minimum atomic E-state index is -0.721. The Balaban J connectivity index is 2.17. The number of imidazole rings is 1. The maximum Gasteiger partial charge on any atom is 0.280 e. The smallest absolute Gasteiger partial charge is 0.280 e. The standard InChI is InChI=1S/C10H15N5O3/c11-10-13-8-7(9(18)14-10)12-5-15(8)3-1-2-6(17)4-16/h5-6,16-17H,1-4H2,(H3,11,13,14,18). The molecule has 0 bridgehead atoms. The third kappa shape index (κ3) is 2.49. The van der Waals surface area contributed by atoms with E-state index in [4.69, 9.17) is 10.8 Å². The van der Waals surface area contributed by atoms with Gasteiger partial charge in [-0.2, -0.15) is 4.98 Å². The zero-order valence-electron chi connectivity index (χ0n) is 9.70. The van der Waals surface area contributed by atoms with E-state index in [0.29, 0.717) is 25.0 Å². The summed E-state index contributed by atoms with van der Waals surface area (Å²) in [6.45, 7) is 0.291. The van der Waals surface area contributed by atoms with Gasteiger partial charge in [0, 0.05) is 6.54 Å². The molecule has 0 fully saturated rings. The Hall–Kier alpha value is -1.93. The Morgan fingerprint density at radius 1 is 1.56 bits per heavy atom. The lowest BCUT2D eigenvalue weighted by molar-refractivity contribution is 0.0857. The summed E-state index contributed by atoms with van der Waals surface area (Å²) in [6.07, 6.45) is 1.90. The average Bonchev–Trinajstić information content (AvgIpc) is 2.72. The van der Waals surface area contributed by atoms with Gasteiger partial charge in [0.25, 0.3) is 5.56 Å². The lowest BCUT2D eigenvalue weighted by Gasteiger charge is -2.07. The van der Waals surface area contributed by atoms with E-state index < -0.39 is 6.10 Å². The average molecular weight is 253 g/mol. The SMILES string of the molecule is Nc1nc2c(ncn2CCCC(O)CO)c(=O)[nH]1. The van der Waals surface area contributed by atoms with Gasteiger partial charge in [-0.05, 0) is 12.8 Å². The number of aliphatic hydroxyl groups excluding tert-OH is 2. The predicted octanol–water partition coefficient (Wildman–Crippen LogP) is -1.16. The van der Waals surface area contributed by atoms with Gasteiger partial charge in [-0.1, -0.05) is 0 Å². The molecule has 0 aliphatic rings. The van der Waals surface area contributed by atoms with Gasteiger partial charge in [-0.3, -0.25) is 9.78 Å². The Morgan fingerprint density at radius 3 is 3.06 bits per heavy atom. The van der Waals surface area contributed by atoms with Crippen LogP contribution in [0.15, 0.2) is 11.1 Å². The summed E-state index contributed by atoms with van der Waals surface area (Å²) in [6, 6.07) is 0. The minimum absolute atomic E-state index is 0.0460. The molecule has 18 heavy (non-hydrogen) atoms. The molecule has 0 aliphatic carbocycles. The van der Waals surface area contributed by atoms with E-state index in [1.807, 2.05) is 0 Å². The highest BCUT2D eigenvalue weighted by Gasteiger charge is 2.09. The first kappa shape index (κ1) is 12.5. The molecule has 0 amide bonds. The van der Waals surface area contributed by atoms with E-state index in [1.54, 1.807) is 4.57 Å². The molecule has 98 valence electrons. The van der Waals surface area contributed by atoms with Gasteiger partial charge < -0.3 is 20.5 Å². The number of nitrogens with one attached hydrogen (secondary N) is 1. The first-order valence-corrected chi connectivity index (χ1v) is 5.61. The fraction of sp³-hybridized carbons (Fsp3) is 0.500. The van der Waals surface area contributed by atoms with Crippen LogP contribution in [0.5, 0.6) is 0 Å². The summed E-state index contributed by atoms with van der Waals surface area (Å²) in [5.41, 5.74) is 5.77. The highest BCUT2D eigenvalue weighted by molar-refractivity contribution is 5.70. The quantitative estimate of drug-likeness (QED) is 0.531. The third-order valence-electron chi connectivity index (χ3n) is 2.64. The number of aromatic amines is 1. The van der Waals surface area contributed by atoms with Crippen molar-refractivity contribution in [3.8, 4) is 0 Å². The number of nitrogens with two attached hydrogens (primary N) is 1. The van der Waals surface area contributed by atoms with Gasteiger partial charge >= 0.3 is 0 Å². The summed E-state index contributed by atoms with van der Waals surface area (Å²) in [7, 11) is 0. The van der Waals surface area contributed by atoms with Gasteiger partial charge in [-0.15, -0.1) is 0 Å². The van der Waals surface area contributed by atoms with Crippen molar-refractivity contribution in [2.75, 3.05) is 12.3 Å². The Morgan fingerprint density at radius 2 is 2.33 bits per heavy atom. The molecule has 8 nitrogen and oxygen atoms in total. The highest BCUT2D eigenvalue weighted by atomic mass is 16.3.